The van der Waals surface area contributed by atoms with Gasteiger partial charge < -0.3 is 16.2 Å². The van der Waals surface area contributed by atoms with Gasteiger partial charge in [0.1, 0.15) is 0 Å². The highest BCUT2D eigenvalue weighted by molar-refractivity contribution is 5.81. The van der Waals surface area contributed by atoms with E-state index in [4.69, 9.17) is 5.73 Å². The molecule has 4 heteroatoms. The molecule has 0 aromatic carbocycles. The van der Waals surface area contributed by atoms with Crippen LogP contribution in [-0.2, 0) is 4.79 Å². The second kappa shape index (κ2) is 6.21. The van der Waals surface area contributed by atoms with E-state index in [-0.39, 0.29) is 17.9 Å². The van der Waals surface area contributed by atoms with E-state index in [1.807, 2.05) is 6.92 Å². The van der Waals surface area contributed by atoms with Crippen molar-refractivity contribution in [2.45, 2.75) is 51.5 Å². The summed E-state index contributed by atoms with van der Waals surface area (Å²) in [6.45, 7) is 2.62. The Bertz CT molecular complexity index is 225. The third-order valence-electron chi connectivity index (χ3n) is 3.66. The Morgan fingerprint density at radius 2 is 2.06 bits per heavy atom. The van der Waals surface area contributed by atoms with Gasteiger partial charge in [0, 0.05) is 12.0 Å². The van der Waals surface area contributed by atoms with E-state index in [1.165, 1.54) is 6.42 Å². The summed E-state index contributed by atoms with van der Waals surface area (Å²) in [5.74, 6) is -0.0964. The molecule has 1 fully saturated rings. The monoisotopic (exact) mass is 228 g/mol. The Hall–Kier alpha value is -0.610. The van der Waals surface area contributed by atoms with E-state index in [9.17, 15) is 9.90 Å². The fourth-order valence-corrected chi connectivity index (χ4v) is 2.28. The second-order valence-electron chi connectivity index (χ2n) is 4.95. The largest absolute Gasteiger partial charge is 0.396 e. The highest BCUT2D eigenvalue weighted by atomic mass is 16.3. The first kappa shape index (κ1) is 13.5. The summed E-state index contributed by atoms with van der Waals surface area (Å²) >= 11 is 0. The number of carbonyl (C=O) groups excluding carboxylic acids is 1. The lowest BCUT2D eigenvalue weighted by Gasteiger charge is -2.35. The maximum atomic E-state index is 11.6. The van der Waals surface area contributed by atoms with E-state index in [0.29, 0.717) is 13.0 Å². The molecule has 0 spiro atoms. The zero-order valence-corrected chi connectivity index (χ0v) is 10.2. The molecule has 1 aliphatic carbocycles. The van der Waals surface area contributed by atoms with E-state index in [0.717, 1.165) is 25.7 Å². The molecule has 1 amide bonds. The SMILES string of the molecule is CC[C@H](N)C(=O)NCC1(CO)CCCCC1. The smallest absolute Gasteiger partial charge is 0.236 e. The van der Waals surface area contributed by atoms with Crippen LogP contribution in [0.2, 0.25) is 0 Å². The van der Waals surface area contributed by atoms with Crippen molar-refractivity contribution in [3.8, 4) is 0 Å². The standard InChI is InChI=1S/C12H24N2O2/c1-2-10(13)11(16)14-8-12(9-15)6-4-3-5-7-12/h10,15H,2-9,13H2,1H3,(H,14,16)/t10-/m0/s1. The molecule has 16 heavy (non-hydrogen) atoms. The molecule has 0 aromatic heterocycles. The highest BCUT2D eigenvalue weighted by Crippen LogP contribution is 2.35. The molecule has 1 aliphatic rings. The van der Waals surface area contributed by atoms with Crippen molar-refractivity contribution in [1.29, 1.82) is 0 Å². The summed E-state index contributed by atoms with van der Waals surface area (Å²) in [4.78, 5) is 11.6. The molecule has 1 atom stereocenters. The third-order valence-corrected chi connectivity index (χ3v) is 3.66. The molecule has 1 saturated carbocycles. The molecule has 0 unspecified atom stereocenters. The average Bonchev–Trinajstić information content (AvgIpc) is 2.36. The van der Waals surface area contributed by atoms with Crippen LogP contribution in [0.1, 0.15) is 45.4 Å². The Labute approximate surface area is 97.6 Å². The first-order valence-corrected chi connectivity index (χ1v) is 6.28. The molecule has 4 N–H and O–H groups in total. The van der Waals surface area contributed by atoms with E-state index < -0.39 is 6.04 Å². The van der Waals surface area contributed by atoms with Crippen LogP contribution >= 0.6 is 0 Å². The van der Waals surface area contributed by atoms with Crippen LogP contribution in [0.25, 0.3) is 0 Å². The number of hydrogen-bond donors (Lipinski definition) is 3. The van der Waals surface area contributed by atoms with Crippen LogP contribution in [0.15, 0.2) is 0 Å². The van der Waals surface area contributed by atoms with Gasteiger partial charge in [-0.25, -0.2) is 0 Å². The molecule has 0 bridgehead atoms. The van der Waals surface area contributed by atoms with E-state index >= 15 is 0 Å². The number of nitrogens with one attached hydrogen (secondary N) is 1. The quantitative estimate of drug-likeness (QED) is 0.651. The minimum absolute atomic E-state index is 0.0959. The molecule has 4 nitrogen and oxygen atoms in total. The van der Waals surface area contributed by atoms with Gasteiger partial charge in [-0.15, -0.1) is 0 Å². The predicted molar refractivity (Wildman–Crippen MR) is 63.9 cm³/mol. The summed E-state index contributed by atoms with van der Waals surface area (Å²) in [5.41, 5.74) is 5.55. The van der Waals surface area contributed by atoms with Crippen molar-refractivity contribution in [2.75, 3.05) is 13.2 Å². The van der Waals surface area contributed by atoms with Gasteiger partial charge in [0.2, 0.25) is 5.91 Å². The summed E-state index contributed by atoms with van der Waals surface area (Å²) in [6.07, 6.45) is 6.20. The van der Waals surface area contributed by atoms with Crippen LogP contribution in [0, 0.1) is 5.41 Å². The second-order valence-corrected chi connectivity index (χ2v) is 4.95. The average molecular weight is 228 g/mol. The number of carbonyl (C=O) groups is 1. The fraction of sp³-hybridized carbons (Fsp3) is 0.917. The summed E-state index contributed by atoms with van der Waals surface area (Å²) < 4.78 is 0. The lowest BCUT2D eigenvalue weighted by atomic mass is 9.74. The lowest BCUT2D eigenvalue weighted by molar-refractivity contribution is -0.123. The van der Waals surface area contributed by atoms with E-state index in [2.05, 4.69) is 5.32 Å². The minimum Gasteiger partial charge on any atom is -0.396 e. The van der Waals surface area contributed by atoms with Gasteiger partial charge in [0.25, 0.3) is 0 Å². The van der Waals surface area contributed by atoms with Crippen molar-refractivity contribution >= 4 is 5.91 Å². The highest BCUT2D eigenvalue weighted by Gasteiger charge is 2.31. The van der Waals surface area contributed by atoms with Crippen LogP contribution in [0.4, 0.5) is 0 Å². The first-order valence-electron chi connectivity index (χ1n) is 6.28. The van der Waals surface area contributed by atoms with Crippen molar-refractivity contribution in [3.05, 3.63) is 0 Å². The first-order chi connectivity index (χ1) is 7.63. The van der Waals surface area contributed by atoms with E-state index in [1.54, 1.807) is 0 Å². The molecule has 0 aromatic rings. The Morgan fingerprint density at radius 1 is 1.44 bits per heavy atom. The third kappa shape index (κ3) is 3.46. The summed E-state index contributed by atoms with van der Waals surface area (Å²) in [6, 6.07) is -0.417. The van der Waals surface area contributed by atoms with Crippen LogP contribution in [0.3, 0.4) is 0 Å². The summed E-state index contributed by atoms with van der Waals surface area (Å²) in [7, 11) is 0. The van der Waals surface area contributed by atoms with Crippen molar-refractivity contribution in [3.63, 3.8) is 0 Å². The lowest BCUT2D eigenvalue weighted by Crippen LogP contribution is -2.46. The number of amides is 1. The van der Waals surface area contributed by atoms with Gasteiger partial charge in [-0.3, -0.25) is 4.79 Å². The van der Waals surface area contributed by atoms with Gasteiger partial charge in [0.15, 0.2) is 0 Å². The van der Waals surface area contributed by atoms with Gasteiger partial charge in [-0.2, -0.15) is 0 Å². The van der Waals surface area contributed by atoms with Crippen LogP contribution in [-0.4, -0.2) is 30.2 Å². The van der Waals surface area contributed by atoms with Gasteiger partial charge >= 0.3 is 0 Å². The molecule has 0 radical (unpaired) electrons. The molecular formula is C12H24N2O2. The molecule has 0 saturated heterocycles. The van der Waals surface area contributed by atoms with Crippen molar-refractivity contribution in [1.82, 2.24) is 5.32 Å². The maximum Gasteiger partial charge on any atom is 0.236 e. The molecular weight excluding hydrogens is 204 g/mol. The topological polar surface area (TPSA) is 75.4 Å². The Balaban J connectivity index is 2.41. The zero-order valence-electron chi connectivity index (χ0n) is 10.2. The number of aliphatic hydroxyl groups is 1. The molecule has 94 valence electrons. The normalized spacial score (nSPS) is 21.4. The maximum absolute atomic E-state index is 11.6. The van der Waals surface area contributed by atoms with Crippen LogP contribution in [0.5, 0.6) is 0 Å². The summed E-state index contributed by atoms with van der Waals surface area (Å²) in [5, 5.41) is 12.3. The number of rotatable bonds is 5. The van der Waals surface area contributed by atoms with Gasteiger partial charge in [-0.1, -0.05) is 26.2 Å². The van der Waals surface area contributed by atoms with Gasteiger partial charge in [0.05, 0.1) is 12.6 Å². The minimum atomic E-state index is -0.417. The number of nitrogens with two attached hydrogens (primary N) is 1. The van der Waals surface area contributed by atoms with Crippen LogP contribution < -0.4 is 11.1 Å². The molecule has 0 heterocycles. The molecule has 1 rings (SSSR count). The number of hydrogen-bond acceptors (Lipinski definition) is 3. The fourth-order valence-electron chi connectivity index (χ4n) is 2.28. The number of aliphatic hydroxyl groups excluding tert-OH is 1. The predicted octanol–water partition coefficient (Wildman–Crippen LogP) is 0.783. The van der Waals surface area contributed by atoms with Crippen molar-refractivity contribution in [2.24, 2.45) is 11.1 Å². The Morgan fingerprint density at radius 3 is 2.56 bits per heavy atom. The molecule has 0 aliphatic heterocycles. The zero-order chi connectivity index (χ0) is 12.0. The Kier molecular flexibility index (Phi) is 5.22. The van der Waals surface area contributed by atoms with Crippen molar-refractivity contribution < 1.29 is 9.90 Å². The van der Waals surface area contributed by atoms with Gasteiger partial charge in [-0.05, 0) is 19.3 Å².